The van der Waals surface area contributed by atoms with Crippen LogP contribution < -0.4 is 0 Å². The third kappa shape index (κ3) is 4.70. The van der Waals surface area contributed by atoms with Crippen LogP contribution >= 0.6 is 0 Å². The van der Waals surface area contributed by atoms with Gasteiger partial charge in [0.05, 0.1) is 12.6 Å². The van der Waals surface area contributed by atoms with Crippen LogP contribution in [0.1, 0.15) is 53.9 Å². The van der Waals surface area contributed by atoms with Gasteiger partial charge in [0.25, 0.3) is 0 Å². The molecule has 1 saturated heterocycles. The molecular formula is C16H30N2O3. The van der Waals surface area contributed by atoms with Crippen molar-refractivity contribution < 1.29 is 14.3 Å². The number of hydrogen-bond acceptors (Lipinski definition) is 4. The highest BCUT2D eigenvalue weighted by Crippen LogP contribution is 2.26. The smallest absolute Gasteiger partial charge is 0.325 e. The largest absolute Gasteiger partial charge is 0.465 e. The zero-order valence-corrected chi connectivity index (χ0v) is 14.1. The molecule has 0 aliphatic carbocycles. The minimum atomic E-state index is -0.325. The van der Waals surface area contributed by atoms with Crippen LogP contribution in [0.15, 0.2) is 0 Å². The quantitative estimate of drug-likeness (QED) is 0.675. The number of rotatable bonds is 7. The molecule has 122 valence electrons. The molecule has 0 aromatic rings. The SMILES string of the molecule is CCCN(CC(=O)OCC)C(=O)C(C)N1C(C)CCC1C. The maximum atomic E-state index is 12.7. The first-order chi connectivity index (χ1) is 9.92. The lowest BCUT2D eigenvalue weighted by atomic mass is 10.2. The molecule has 3 unspecified atom stereocenters. The van der Waals surface area contributed by atoms with Crippen molar-refractivity contribution in [1.29, 1.82) is 0 Å². The molecule has 1 heterocycles. The lowest BCUT2D eigenvalue weighted by Gasteiger charge is -2.34. The van der Waals surface area contributed by atoms with E-state index in [0.29, 0.717) is 25.2 Å². The van der Waals surface area contributed by atoms with Gasteiger partial charge in [0.1, 0.15) is 6.54 Å². The van der Waals surface area contributed by atoms with Gasteiger partial charge in [-0.25, -0.2) is 0 Å². The maximum absolute atomic E-state index is 12.7. The van der Waals surface area contributed by atoms with Gasteiger partial charge in [-0.1, -0.05) is 6.92 Å². The average molecular weight is 298 g/mol. The molecule has 5 heteroatoms. The Bertz CT molecular complexity index is 349. The topological polar surface area (TPSA) is 49.9 Å². The predicted molar refractivity (Wildman–Crippen MR) is 83.0 cm³/mol. The van der Waals surface area contributed by atoms with Crippen LogP contribution in [0.5, 0.6) is 0 Å². The van der Waals surface area contributed by atoms with Crippen LogP contribution in [0.4, 0.5) is 0 Å². The van der Waals surface area contributed by atoms with Crippen LogP contribution in [0.2, 0.25) is 0 Å². The summed E-state index contributed by atoms with van der Waals surface area (Å²) in [6, 6.07) is 0.661. The predicted octanol–water partition coefficient (Wildman–Crippen LogP) is 2.05. The number of likely N-dealkylation sites (tertiary alicyclic amines) is 1. The van der Waals surface area contributed by atoms with Crippen molar-refractivity contribution >= 4 is 11.9 Å². The summed E-state index contributed by atoms with van der Waals surface area (Å²) in [6.45, 7) is 11.1. The molecule has 1 aliphatic rings. The molecule has 21 heavy (non-hydrogen) atoms. The molecule has 1 fully saturated rings. The number of ether oxygens (including phenoxy) is 1. The summed E-state index contributed by atoms with van der Waals surface area (Å²) in [4.78, 5) is 28.3. The summed E-state index contributed by atoms with van der Waals surface area (Å²) >= 11 is 0. The number of carbonyl (C=O) groups excluding carboxylic acids is 2. The van der Waals surface area contributed by atoms with Gasteiger partial charge in [-0.05, 0) is 47.0 Å². The first-order valence-corrected chi connectivity index (χ1v) is 8.14. The Morgan fingerprint density at radius 3 is 2.29 bits per heavy atom. The van der Waals surface area contributed by atoms with Crippen LogP contribution in [-0.4, -0.2) is 59.5 Å². The standard InChI is InChI=1S/C16H30N2O3/c1-6-10-17(11-15(19)21-7-2)16(20)14(5)18-12(3)8-9-13(18)4/h12-14H,6-11H2,1-5H3. The lowest BCUT2D eigenvalue weighted by Crippen LogP contribution is -2.51. The van der Waals surface area contributed by atoms with Crippen LogP contribution in [0.3, 0.4) is 0 Å². The fraction of sp³-hybridized carbons (Fsp3) is 0.875. The van der Waals surface area contributed by atoms with E-state index in [1.54, 1.807) is 11.8 Å². The molecule has 0 aromatic carbocycles. The normalized spacial score (nSPS) is 23.9. The first kappa shape index (κ1) is 18.0. The van der Waals surface area contributed by atoms with Crippen molar-refractivity contribution in [3.63, 3.8) is 0 Å². The summed E-state index contributed by atoms with van der Waals surface area (Å²) in [6.07, 6.45) is 3.10. The minimum absolute atomic E-state index is 0.0329. The van der Waals surface area contributed by atoms with Crippen molar-refractivity contribution in [3.8, 4) is 0 Å². The van der Waals surface area contributed by atoms with E-state index >= 15 is 0 Å². The second-order valence-electron chi connectivity index (χ2n) is 5.96. The molecule has 0 bridgehead atoms. The van der Waals surface area contributed by atoms with Gasteiger partial charge in [-0.15, -0.1) is 0 Å². The number of hydrogen-bond donors (Lipinski definition) is 0. The minimum Gasteiger partial charge on any atom is -0.465 e. The van der Waals surface area contributed by atoms with Gasteiger partial charge >= 0.3 is 5.97 Å². The highest BCUT2D eigenvalue weighted by molar-refractivity contribution is 5.85. The Morgan fingerprint density at radius 1 is 1.24 bits per heavy atom. The summed E-state index contributed by atoms with van der Waals surface area (Å²) in [7, 11) is 0. The third-order valence-electron chi connectivity index (χ3n) is 4.26. The average Bonchev–Trinajstić information content (AvgIpc) is 2.76. The molecule has 5 nitrogen and oxygen atoms in total. The second-order valence-corrected chi connectivity index (χ2v) is 5.96. The van der Waals surface area contributed by atoms with E-state index in [1.807, 2.05) is 13.8 Å². The van der Waals surface area contributed by atoms with Gasteiger partial charge < -0.3 is 9.64 Å². The van der Waals surface area contributed by atoms with E-state index in [0.717, 1.165) is 19.3 Å². The fourth-order valence-corrected chi connectivity index (χ4v) is 3.27. The summed E-state index contributed by atoms with van der Waals surface area (Å²) in [5, 5.41) is 0. The lowest BCUT2D eigenvalue weighted by molar-refractivity contribution is -0.150. The summed E-state index contributed by atoms with van der Waals surface area (Å²) in [5.41, 5.74) is 0. The van der Waals surface area contributed by atoms with Crippen LogP contribution in [0.25, 0.3) is 0 Å². The van der Waals surface area contributed by atoms with Crippen molar-refractivity contribution in [2.75, 3.05) is 19.7 Å². The van der Waals surface area contributed by atoms with Crippen molar-refractivity contribution in [3.05, 3.63) is 0 Å². The Hall–Kier alpha value is -1.10. The Kier molecular flexibility index (Phi) is 7.15. The molecule has 1 rings (SSSR count). The van der Waals surface area contributed by atoms with Gasteiger partial charge in [0.15, 0.2) is 0 Å². The molecule has 0 spiro atoms. The molecule has 0 N–H and O–H groups in total. The maximum Gasteiger partial charge on any atom is 0.325 e. The van der Waals surface area contributed by atoms with Crippen molar-refractivity contribution in [2.24, 2.45) is 0 Å². The molecule has 0 aromatic heterocycles. The first-order valence-electron chi connectivity index (χ1n) is 8.14. The van der Waals surface area contributed by atoms with Crippen molar-refractivity contribution in [1.82, 2.24) is 9.80 Å². The number of esters is 1. The van der Waals surface area contributed by atoms with Crippen LogP contribution in [-0.2, 0) is 14.3 Å². The monoisotopic (exact) mass is 298 g/mol. The molecule has 0 saturated carbocycles. The highest BCUT2D eigenvalue weighted by atomic mass is 16.5. The van der Waals surface area contributed by atoms with E-state index < -0.39 is 0 Å². The Labute approximate surface area is 128 Å². The second kappa shape index (κ2) is 8.37. The van der Waals surface area contributed by atoms with Gasteiger partial charge in [-0.3, -0.25) is 14.5 Å². The van der Waals surface area contributed by atoms with Gasteiger partial charge in [0.2, 0.25) is 5.91 Å². The zero-order chi connectivity index (χ0) is 16.0. The Balaban J connectivity index is 2.72. The van der Waals surface area contributed by atoms with E-state index in [2.05, 4.69) is 18.7 Å². The number of amides is 1. The van der Waals surface area contributed by atoms with E-state index in [4.69, 9.17) is 4.74 Å². The molecule has 1 amide bonds. The highest BCUT2D eigenvalue weighted by Gasteiger charge is 2.36. The molecule has 1 aliphatic heterocycles. The summed E-state index contributed by atoms with van der Waals surface area (Å²) < 4.78 is 4.97. The van der Waals surface area contributed by atoms with E-state index in [1.165, 1.54) is 0 Å². The van der Waals surface area contributed by atoms with Crippen molar-refractivity contribution in [2.45, 2.75) is 72.0 Å². The molecule has 0 radical (unpaired) electrons. The van der Waals surface area contributed by atoms with Crippen LogP contribution in [0, 0.1) is 0 Å². The van der Waals surface area contributed by atoms with E-state index in [9.17, 15) is 9.59 Å². The Morgan fingerprint density at radius 2 is 1.81 bits per heavy atom. The third-order valence-corrected chi connectivity index (χ3v) is 4.26. The number of carbonyl (C=O) groups is 2. The molecular weight excluding hydrogens is 268 g/mol. The summed E-state index contributed by atoms with van der Waals surface area (Å²) in [5.74, 6) is -0.292. The number of nitrogens with zero attached hydrogens (tertiary/aromatic N) is 2. The van der Waals surface area contributed by atoms with Gasteiger partial charge in [-0.2, -0.15) is 0 Å². The molecule has 3 atom stereocenters. The fourth-order valence-electron chi connectivity index (χ4n) is 3.27. The zero-order valence-electron chi connectivity index (χ0n) is 14.1. The van der Waals surface area contributed by atoms with Gasteiger partial charge in [0, 0.05) is 18.6 Å². The van der Waals surface area contributed by atoms with E-state index in [-0.39, 0.29) is 24.5 Å².